The smallest absolute Gasteiger partial charge is 0.220 e. The maximum absolute atomic E-state index is 12.9. The third-order valence-electron chi connectivity index (χ3n) is 3.97. The average molecular weight is 345 g/mol. The maximum atomic E-state index is 12.9. The molecular weight excluding hydrogens is 321 g/mol. The quantitative estimate of drug-likeness (QED) is 0.771. The highest BCUT2D eigenvalue weighted by molar-refractivity contribution is 5.76. The highest BCUT2D eigenvalue weighted by Gasteiger charge is 2.18. The lowest BCUT2D eigenvalue weighted by atomic mass is 10.0. The van der Waals surface area contributed by atoms with Gasteiger partial charge in [-0.2, -0.15) is 0 Å². The van der Waals surface area contributed by atoms with Gasteiger partial charge in [-0.15, -0.1) is 0 Å². The lowest BCUT2D eigenvalue weighted by molar-refractivity contribution is -0.122. The fourth-order valence-electron chi connectivity index (χ4n) is 2.61. The first-order chi connectivity index (χ1) is 12.0. The van der Waals surface area contributed by atoms with Gasteiger partial charge in [0.2, 0.25) is 5.91 Å². The van der Waals surface area contributed by atoms with Crippen LogP contribution in [0, 0.1) is 5.82 Å². The Labute approximate surface area is 147 Å². The summed E-state index contributed by atoms with van der Waals surface area (Å²) in [4.78, 5) is 12.2. The zero-order valence-corrected chi connectivity index (χ0v) is 14.5. The summed E-state index contributed by atoms with van der Waals surface area (Å²) in [7, 11) is 0. The van der Waals surface area contributed by atoms with Gasteiger partial charge in [-0.3, -0.25) is 4.79 Å². The van der Waals surface area contributed by atoms with Crippen molar-refractivity contribution in [3.63, 3.8) is 0 Å². The van der Waals surface area contributed by atoms with E-state index in [4.69, 9.17) is 4.74 Å². The normalized spacial score (nSPS) is 13.1. The van der Waals surface area contributed by atoms with Crippen molar-refractivity contribution < 1.29 is 19.0 Å². The number of nitrogens with one attached hydrogen (secondary N) is 1. The molecule has 0 saturated heterocycles. The average Bonchev–Trinajstić information content (AvgIpc) is 2.61. The summed E-state index contributed by atoms with van der Waals surface area (Å²) >= 11 is 0. The van der Waals surface area contributed by atoms with Gasteiger partial charge in [0.25, 0.3) is 0 Å². The molecule has 2 aromatic carbocycles. The number of benzene rings is 2. The molecule has 1 amide bonds. The van der Waals surface area contributed by atoms with Gasteiger partial charge >= 0.3 is 0 Å². The van der Waals surface area contributed by atoms with Crippen molar-refractivity contribution in [3.05, 3.63) is 65.5 Å². The monoisotopic (exact) mass is 345 g/mol. The second-order valence-corrected chi connectivity index (χ2v) is 5.89. The third-order valence-corrected chi connectivity index (χ3v) is 3.97. The van der Waals surface area contributed by atoms with E-state index in [0.717, 1.165) is 11.3 Å². The van der Waals surface area contributed by atoms with Crippen LogP contribution in [-0.4, -0.2) is 23.7 Å². The molecule has 0 aliphatic heterocycles. The fourth-order valence-corrected chi connectivity index (χ4v) is 2.61. The van der Waals surface area contributed by atoms with Gasteiger partial charge in [-0.1, -0.05) is 30.3 Å². The van der Waals surface area contributed by atoms with E-state index in [0.29, 0.717) is 25.0 Å². The summed E-state index contributed by atoms with van der Waals surface area (Å²) in [5, 5.41) is 13.1. The number of para-hydroxylation sites is 1. The van der Waals surface area contributed by atoms with Gasteiger partial charge in [0.15, 0.2) is 0 Å². The Morgan fingerprint density at radius 2 is 1.88 bits per heavy atom. The van der Waals surface area contributed by atoms with E-state index >= 15 is 0 Å². The number of aliphatic hydroxyl groups excluding tert-OH is 1. The van der Waals surface area contributed by atoms with Crippen molar-refractivity contribution >= 4 is 5.91 Å². The zero-order chi connectivity index (χ0) is 18.2. The van der Waals surface area contributed by atoms with E-state index in [1.807, 2.05) is 31.2 Å². The van der Waals surface area contributed by atoms with Crippen LogP contribution in [0.3, 0.4) is 0 Å². The molecule has 0 aromatic heterocycles. The molecule has 0 bridgehead atoms. The van der Waals surface area contributed by atoms with Gasteiger partial charge in [-0.05, 0) is 49.6 Å². The molecule has 0 heterocycles. The number of halogens is 1. The molecule has 2 N–H and O–H groups in total. The molecule has 0 radical (unpaired) electrons. The number of aliphatic hydroxyl groups is 1. The summed E-state index contributed by atoms with van der Waals surface area (Å²) < 4.78 is 18.5. The number of ether oxygens (including phenoxy) is 1. The van der Waals surface area contributed by atoms with Crippen LogP contribution in [0.2, 0.25) is 0 Å². The van der Waals surface area contributed by atoms with Gasteiger partial charge in [-0.25, -0.2) is 4.39 Å². The van der Waals surface area contributed by atoms with Crippen LogP contribution in [-0.2, 0) is 11.2 Å². The molecule has 2 aromatic rings. The lowest BCUT2D eigenvalue weighted by Crippen LogP contribution is -2.37. The number of carbonyl (C=O) groups is 1. The Kier molecular flexibility index (Phi) is 6.95. The highest BCUT2D eigenvalue weighted by atomic mass is 19.1. The number of amides is 1. The molecule has 0 spiro atoms. The van der Waals surface area contributed by atoms with Crippen molar-refractivity contribution in [2.45, 2.75) is 38.8 Å². The van der Waals surface area contributed by atoms with Crippen molar-refractivity contribution in [1.29, 1.82) is 0 Å². The highest BCUT2D eigenvalue weighted by Crippen LogP contribution is 2.20. The molecule has 4 nitrogen and oxygen atoms in total. The van der Waals surface area contributed by atoms with Crippen molar-refractivity contribution in [2.24, 2.45) is 0 Å². The molecule has 2 rings (SSSR count). The Morgan fingerprint density at radius 3 is 2.56 bits per heavy atom. The topological polar surface area (TPSA) is 58.6 Å². The molecule has 0 aliphatic rings. The summed E-state index contributed by atoms with van der Waals surface area (Å²) in [6, 6.07) is 12.8. The SMILES string of the molecule is CCOc1ccccc1CCC(=O)NC(C)C(O)c1ccc(F)cc1. The van der Waals surface area contributed by atoms with Gasteiger partial charge < -0.3 is 15.2 Å². The van der Waals surface area contributed by atoms with Crippen LogP contribution in [0.15, 0.2) is 48.5 Å². The molecule has 0 aliphatic carbocycles. The molecule has 2 unspecified atom stereocenters. The van der Waals surface area contributed by atoms with Crippen LogP contribution in [0.4, 0.5) is 4.39 Å². The summed E-state index contributed by atoms with van der Waals surface area (Å²) in [6.45, 7) is 4.21. The van der Waals surface area contributed by atoms with E-state index < -0.39 is 12.1 Å². The first-order valence-electron chi connectivity index (χ1n) is 8.45. The van der Waals surface area contributed by atoms with Crippen LogP contribution in [0.25, 0.3) is 0 Å². The van der Waals surface area contributed by atoms with Crippen LogP contribution in [0.1, 0.15) is 37.5 Å². The molecular formula is C20H24FNO3. The molecule has 134 valence electrons. The Bertz CT molecular complexity index is 688. The predicted molar refractivity (Wildman–Crippen MR) is 94.9 cm³/mol. The van der Waals surface area contributed by atoms with E-state index in [9.17, 15) is 14.3 Å². The minimum absolute atomic E-state index is 0.153. The van der Waals surface area contributed by atoms with Crippen LogP contribution >= 0.6 is 0 Å². The Balaban J connectivity index is 1.88. The second-order valence-electron chi connectivity index (χ2n) is 5.89. The molecule has 25 heavy (non-hydrogen) atoms. The fraction of sp³-hybridized carbons (Fsp3) is 0.350. The number of aryl methyl sites for hydroxylation is 1. The largest absolute Gasteiger partial charge is 0.494 e. The van der Waals surface area contributed by atoms with Gasteiger partial charge in [0, 0.05) is 6.42 Å². The number of carbonyl (C=O) groups excluding carboxylic acids is 1. The minimum Gasteiger partial charge on any atom is -0.494 e. The summed E-state index contributed by atoms with van der Waals surface area (Å²) in [5.41, 5.74) is 1.54. The predicted octanol–water partition coefficient (Wildman–Crippen LogP) is 3.40. The van der Waals surface area contributed by atoms with Crippen molar-refractivity contribution in [2.75, 3.05) is 6.61 Å². The first-order valence-corrected chi connectivity index (χ1v) is 8.45. The maximum Gasteiger partial charge on any atom is 0.220 e. The summed E-state index contributed by atoms with van der Waals surface area (Å²) in [6.07, 6.45) is -0.0355. The number of hydrogen-bond acceptors (Lipinski definition) is 3. The molecule has 0 fully saturated rings. The number of hydrogen-bond donors (Lipinski definition) is 2. The third kappa shape index (κ3) is 5.57. The van der Waals surface area contributed by atoms with Gasteiger partial charge in [0.1, 0.15) is 11.6 Å². The second kappa shape index (κ2) is 9.18. The van der Waals surface area contributed by atoms with E-state index in [1.54, 1.807) is 6.92 Å². The van der Waals surface area contributed by atoms with E-state index in [2.05, 4.69) is 5.32 Å². The zero-order valence-electron chi connectivity index (χ0n) is 14.5. The van der Waals surface area contributed by atoms with E-state index in [-0.39, 0.29) is 11.7 Å². The van der Waals surface area contributed by atoms with Gasteiger partial charge in [0.05, 0.1) is 18.8 Å². The van der Waals surface area contributed by atoms with Crippen LogP contribution in [0.5, 0.6) is 5.75 Å². The molecule has 5 heteroatoms. The minimum atomic E-state index is -0.889. The Hall–Kier alpha value is -2.40. The van der Waals surface area contributed by atoms with Crippen LogP contribution < -0.4 is 10.1 Å². The standard InChI is InChI=1S/C20H24FNO3/c1-3-25-18-7-5-4-6-15(18)10-13-19(23)22-14(2)20(24)16-8-11-17(21)12-9-16/h4-9,11-12,14,20,24H,3,10,13H2,1-2H3,(H,22,23). The Morgan fingerprint density at radius 1 is 1.20 bits per heavy atom. The van der Waals surface area contributed by atoms with Crippen molar-refractivity contribution in [1.82, 2.24) is 5.32 Å². The number of rotatable bonds is 8. The first kappa shape index (κ1) is 18.9. The van der Waals surface area contributed by atoms with Crippen molar-refractivity contribution in [3.8, 4) is 5.75 Å². The van der Waals surface area contributed by atoms with E-state index in [1.165, 1.54) is 24.3 Å². The molecule has 0 saturated carbocycles. The molecule has 2 atom stereocenters. The summed E-state index contributed by atoms with van der Waals surface area (Å²) in [5.74, 6) is 0.276. The lowest BCUT2D eigenvalue weighted by Gasteiger charge is -2.21.